The van der Waals surface area contributed by atoms with Gasteiger partial charge in [-0.05, 0) is 48.4 Å². The van der Waals surface area contributed by atoms with Gasteiger partial charge in [0.1, 0.15) is 0 Å². The molecule has 0 aliphatic rings. The van der Waals surface area contributed by atoms with Crippen molar-refractivity contribution >= 4 is 46.2 Å². The van der Waals surface area contributed by atoms with Gasteiger partial charge in [0.05, 0.1) is 23.3 Å². The van der Waals surface area contributed by atoms with Crippen LogP contribution < -0.4 is 0 Å². The summed E-state index contributed by atoms with van der Waals surface area (Å²) in [4.78, 5) is 10.6. The summed E-state index contributed by atoms with van der Waals surface area (Å²) in [6, 6.07) is 8.29. The third-order valence-electron chi connectivity index (χ3n) is 4.24. The molecule has 1 heterocycles. The molecule has 0 spiro atoms. The Hall–Kier alpha value is -2.51. The van der Waals surface area contributed by atoms with Crippen molar-refractivity contribution in [1.82, 2.24) is 9.78 Å². The highest BCUT2D eigenvalue weighted by molar-refractivity contribution is 6.35. The van der Waals surface area contributed by atoms with E-state index in [1.807, 2.05) is 0 Å². The van der Waals surface area contributed by atoms with E-state index < -0.39 is 17.7 Å². The summed E-state index contributed by atoms with van der Waals surface area (Å²) in [6.45, 7) is 0.150. The van der Waals surface area contributed by atoms with E-state index in [1.54, 1.807) is 30.4 Å². The minimum atomic E-state index is -4.49. The van der Waals surface area contributed by atoms with Crippen LogP contribution in [0, 0.1) is 0 Å². The quantitative estimate of drug-likeness (QED) is 0.487. The van der Waals surface area contributed by atoms with Crippen LogP contribution in [0.1, 0.15) is 29.7 Å². The number of alkyl halides is 3. The molecule has 0 atom stereocenters. The molecule has 0 aliphatic carbocycles. The molecule has 0 saturated carbocycles. The van der Waals surface area contributed by atoms with Crippen LogP contribution in [0.4, 0.5) is 13.2 Å². The summed E-state index contributed by atoms with van der Waals surface area (Å²) in [5, 5.41) is 14.5. The van der Waals surface area contributed by atoms with Crippen molar-refractivity contribution in [2.45, 2.75) is 25.6 Å². The maximum atomic E-state index is 13.2. The Kier molecular flexibility index (Phi) is 6.19. The van der Waals surface area contributed by atoms with Crippen LogP contribution in [-0.4, -0.2) is 20.9 Å². The molecular weight excluding hydrogens is 428 g/mol. The number of allylic oxidation sites excluding steroid dienone is 1. The van der Waals surface area contributed by atoms with Crippen LogP contribution in [-0.2, 0) is 17.5 Å². The first kappa shape index (κ1) is 21.2. The average Bonchev–Trinajstić information content (AvgIpc) is 2.97. The maximum Gasteiger partial charge on any atom is 0.416 e. The number of benzene rings is 2. The molecule has 3 aromatic rings. The van der Waals surface area contributed by atoms with Crippen molar-refractivity contribution in [2.24, 2.45) is 0 Å². The van der Waals surface area contributed by atoms with Gasteiger partial charge >= 0.3 is 12.1 Å². The molecule has 2 aromatic carbocycles. The van der Waals surface area contributed by atoms with Gasteiger partial charge in [-0.25, -0.2) is 0 Å². The van der Waals surface area contributed by atoms with E-state index in [4.69, 9.17) is 28.3 Å². The minimum Gasteiger partial charge on any atom is -0.481 e. The van der Waals surface area contributed by atoms with E-state index >= 15 is 0 Å². The smallest absolute Gasteiger partial charge is 0.416 e. The third kappa shape index (κ3) is 5.10. The lowest BCUT2D eigenvalue weighted by atomic mass is 10.1. The lowest BCUT2D eigenvalue weighted by Gasteiger charge is -2.09. The Morgan fingerprint density at radius 2 is 1.93 bits per heavy atom. The van der Waals surface area contributed by atoms with Gasteiger partial charge in [0.2, 0.25) is 0 Å². The second kappa shape index (κ2) is 8.47. The van der Waals surface area contributed by atoms with Gasteiger partial charge in [0.15, 0.2) is 0 Å². The standard InChI is InChI=1S/C20H15Cl2F3N2O2/c21-14-7-5-12(16(22)10-14)11-27-18-9-13(20(23,24)25)6-8-15(18)17(26-27)3-1-2-4-19(28)29/h1,3,5-10H,2,4,11H2,(H,28,29). The van der Waals surface area contributed by atoms with Gasteiger partial charge in [0, 0.05) is 21.9 Å². The van der Waals surface area contributed by atoms with Crippen molar-refractivity contribution in [3.63, 3.8) is 0 Å². The molecule has 0 radical (unpaired) electrons. The zero-order valence-corrected chi connectivity index (χ0v) is 16.4. The first-order chi connectivity index (χ1) is 13.6. The lowest BCUT2D eigenvalue weighted by molar-refractivity contribution is -0.138. The number of rotatable bonds is 6. The molecule has 0 amide bonds. The zero-order valence-electron chi connectivity index (χ0n) is 14.9. The summed E-state index contributed by atoms with van der Waals surface area (Å²) in [6.07, 6.45) is -1.01. The second-order valence-corrected chi connectivity index (χ2v) is 7.19. The predicted octanol–water partition coefficient (Wildman–Crippen LogP) is 6.29. The molecule has 1 N–H and O–H groups in total. The van der Waals surface area contributed by atoms with Gasteiger partial charge in [-0.3, -0.25) is 9.48 Å². The Balaban J connectivity index is 2.04. The molecule has 29 heavy (non-hydrogen) atoms. The Morgan fingerprint density at radius 3 is 2.59 bits per heavy atom. The summed E-state index contributed by atoms with van der Waals surface area (Å²) < 4.78 is 41.0. The highest BCUT2D eigenvalue weighted by Gasteiger charge is 2.31. The Bertz CT molecular complexity index is 1090. The van der Waals surface area contributed by atoms with E-state index in [0.29, 0.717) is 32.2 Å². The van der Waals surface area contributed by atoms with Crippen LogP contribution in [0.2, 0.25) is 10.0 Å². The third-order valence-corrected chi connectivity index (χ3v) is 4.83. The van der Waals surface area contributed by atoms with Gasteiger partial charge in [-0.15, -0.1) is 0 Å². The number of aliphatic carboxylic acids is 1. The van der Waals surface area contributed by atoms with Crippen LogP contribution in [0.15, 0.2) is 42.5 Å². The molecule has 0 saturated heterocycles. The van der Waals surface area contributed by atoms with Crippen molar-refractivity contribution in [2.75, 3.05) is 0 Å². The maximum absolute atomic E-state index is 13.2. The molecule has 9 heteroatoms. The summed E-state index contributed by atoms with van der Waals surface area (Å²) >= 11 is 12.1. The fourth-order valence-electron chi connectivity index (χ4n) is 2.83. The largest absolute Gasteiger partial charge is 0.481 e. The van der Waals surface area contributed by atoms with E-state index in [2.05, 4.69) is 5.10 Å². The van der Waals surface area contributed by atoms with Crippen LogP contribution >= 0.6 is 23.2 Å². The van der Waals surface area contributed by atoms with Gasteiger partial charge < -0.3 is 5.11 Å². The van der Waals surface area contributed by atoms with E-state index in [0.717, 1.165) is 12.1 Å². The van der Waals surface area contributed by atoms with Gasteiger partial charge in [-0.1, -0.05) is 35.3 Å². The molecule has 4 nitrogen and oxygen atoms in total. The number of hydrogen-bond acceptors (Lipinski definition) is 2. The van der Waals surface area contributed by atoms with E-state index in [1.165, 1.54) is 10.7 Å². The van der Waals surface area contributed by atoms with Crippen LogP contribution in [0.5, 0.6) is 0 Å². The first-order valence-corrected chi connectivity index (χ1v) is 9.31. The molecule has 0 fully saturated rings. The van der Waals surface area contributed by atoms with Gasteiger partial charge in [0.25, 0.3) is 0 Å². The van der Waals surface area contributed by atoms with Crippen molar-refractivity contribution in [1.29, 1.82) is 0 Å². The number of aromatic nitrogens is 2. The number of carboxylic acids is 1. The second-order valence-electron chi connectivity index (χ2n) is 6.34. The molecule has 1 aromatic heterocycles. The summed E-state index contributed by atoms with van der Waals surface area (Å²) in [5.74, 6) is -0.933. The number of carbonyl (C=O) groups is 1. The minimum absolute atomic E-state index is 0.0479. The number of hydrogen-bond donors (Lipinski definition) is 1. The highest BCUT2D eigenvalue weighted by Crippen LogP contribution is 2.33. The summed E-state index contributed by atoms with van der Waals surface area (Å²) in [5.41, 5.74) is 0.613. The fourth-order valence-corrected chi connectivity index (χ4v) is 3.30. The van der Waals surface area contributed by atoms with Crippen molar-refractivity contribution in [3.8, 4) is 0 Å². The van der Waals surface area contributed by atoms with Crippen LogP contribution in [0.25, 0.3) is 17.0 Å². The number of fused-ring (bicyclic) bond motifs is 1. The number of carboxylic acid groups (broad SMARTS) is 1. The highest BCUT2D eigenvalue weighted by atomic mass is 35.5. The van der Waals surface area contributed by atoms with Crippen molar-refractivity contribution < 1.29 is 23.1 Å². The molecule has 0 unspecified atom stereocenters. The molecule has 3 rings (SSSR count). The number of nitrogens with zero attached hydrogens (tertiary/aromatic N) is 2. The van der Waals surface area contributed by atoms with Crippen LogP contribution in [0.3, 0.4) is 0 Å². The van der Waals surface area contributed by atoms with Crippen molar-refractivity contribution in [3.05, 3.63) is 69.3 Å². The summed E-state index contributed by atoms with van der Waals surface area (Å²) in [7, 11) is 0. The SMILES string of the molecule is O=C(O)CCC=Cc1nn(Cc2ccc(Cl)cc2Cl)c2cc(C(F)(F)F)ccc12. The fraction of sp³-hybridized carbons (Fsp3) is 0.200. The zero-order chi connectivity index (χ0) is 21.2. The normalized spacial score (nSPS) is 12.2. The Morgan fingerprint density at radius 1 is 1.17 bits per heavy atom. The van der Waals surface area contributed by atoms with Gasteiger partial charge in [-0.2, -0.15) is 18.3 Å². The Labute approximate surface area is 174 Å². The number of halogens is 5. The molecular formula is C20H15Cl2F3N2O2. The average molecular weight is 443 g/mol. The molecule has 0 aliphatic heterocycles. The lowest BCUT2D eigenvalue weighted by Crippen LogP contribution is -2.06. The van der Waals surface area contributed by atoms with E-state index in [9.17, 15) is 18.0 Å². The topological polar surface area (TPSA) is 55.1 Å². The molecule has 0 bridgehead atoms. The van der Waals surface area contributed by atoms with E-state index in [-0.39, 0.29) is 19.4 Å². The predicted molar refractivity (Wildman–Crippen MR) is 106 cm³/mol. The molecule has 152 valence electrons. The monoisotopic (exact) mass is 442 g/mol. The first-order valence-electron chi connectivity index (χ1n) is 8.55.